The van der Waals surface area contributed by atoms with E-state index in [1.165, 1.54) is 12.3 Å². The molecule has 2 aromatic carbocycles. The van der Waals surface area contributed by atoms with Gasteiger partial charge in [-0.15, -0.1) is 0 Å². The number of halogens is 2. The summed E-state index contributed by atoms with van der Waals surface area (Å²) in [4.78, 5) is 6.45. The first-order valence-corrected chi connectivity index (χ1v) is 10.3. The van der Waals surface area contributed by atoms with Gasteiger partial charge in [0.1, 0.15) is 11.5 Å². The Morgan fingerprint density at radius 3 is 2.67 bits per heavy atom. The molecule has 5 heteroatoms. The number of rotatable bonds is 4. The highest BCUT2D eigenvalue weighted by Crippen LogP contribution is 2.39. The second kappa shape index (κ2) is 7.80. The molecule has 0 saturated heterocycles. The molecular formula is C25H27F2N3. The lowest BCUT2D eigenvalue weighted by molar-refractivity contribution is 0.0999. The Morgan fingerprint density at radius 1 is 1.17 bits per heavy atom. The van der Waals surface area contributed by atoms with E-state index in [2.05, 4.69) is 34.1 Å². The molecule has 1 unspecified atom stereocenters. The van der Waals surface area contributed by atoms with Gasteiger partial charge in [-0.05, 0) is 73.7 Å². The first-order valence-electron chi connectivity index (χ1n) is 10.3. The highest BCUT2D eigenvalue weighted by Gasteiger charge is 2.33. The number of fused-ring (bicyclic) bond motifs is 1. The monoisotopic (exact) mass is 407 g/mol. The minimum atomic E-state index is -1.32. The molecule has 156 valence electrons. The molecule has 2 N–H and O–H groups in total. The van der Waals surface area contributed by atoms with E-state index in [0.717, 1.165) is 52.2 Å². The van der Waals surface area contributed by atoms with Crippen molar-refractivity contribution < 1.29 is 8.78 Å². The quantitative estimate of drug-likeness (QED) is 0.583. The molecule has 2 heterocycles. The third-order valence-corrected chi connectivity index (χ3v) is 5.72. The fourth-order valence-corrected chi connectivity index (χ4v) is 4.41. The topological polar surface area (TPSA) is 42.1 Å². The standard InChI is InChI=1S/C25H27F2N3/c1-16-7-8-17(13-21(16)23-10-9-18(26)14-29-23)24-20-5-4-6-22(28)19(20)11-12-30(24)15-25(2,3)27/h4-10,13-14,24H,11-12,15,28H2,1-3H3. The van der Waals surface area contributed by atoms with Gasteiger partial charge in [-0.1, -0.05) is 24.3 Å². The van der Waals surface area contributed by atoms with Crippen LogP contribution in [0, 0.1) is 12.7 Å². The third kappa shape index (κ3) is 4.08. The molecule has 1 aromatic heterocycles. The van der Waals surface area contributed by atoms with Gasteiger partial charge in [0.05, 0.1) is 17.9 Å². The van der Waals surface area contributed by atoms with E-state index < -0.39 is 5.67 Å². The maximum absolute atomic E-state index is 14.7. The number of nitrogens with zero attached hydrogens (tertiary/aromatic N) is 2. The summed E-state index contributed by atoms with van der Waals surface area (Å²) in [6.45, 7) is 6.30. The zero-order valence-electron chi connectivity index (χ0n) is 17.6. The molecule has 0 saturated carbocycles. The minimum Gasteiger partial charge on any atom is -0.398 e. The number of anilines is 1. The molecule has 3 aromatic rings. The number of nitrogens with two attached hydrogens (primary N) is 1. The number of pyridine rings is 1. The summed E-state index contributed by atoms with van der Waals surface area (Å²) in [5, 5.41) is 0. The normalized spacial score (nSPS) is 17.0. The van der Waals surface area contributed by atoms with Crippen LogP contribution in [0.3, 0.4) is 0 Å². The Bertz CT molecular complexity index is 1050. The summed E-state index contributed by atoms with van der Waals surface area (Å²) >= 11 is 0. The van der Waals surface area contributed by atoms with Gasteiger partial charge in [-0.25, -0.2) is 8.78 Å². The predicted octanol–water partition coefficient (Wildman–Crippen LogP) is 5.47. The van der Waals surface area contributed by atoms with E-state index >= 15 is 0 Å². The van der Waals surface area contributed by atoms with Gasteiger partial charge in [0.2, 0.25) is 0 Å². The highest BCUT2D eigenvalue weighted by molar-refractivity contribution is 5.65. The van der Waals surface area contributed by atoms with Crippen molar-refractivity contribution in [2.24, 2.45) is 0 Å². The third-order valence-electron chi connectivity index (χ3n) is 5.72. The Morgan fingerprint density at radius 2 is 1.97 bits per heavy atom. The van der Waals surface area contributed by atoms with Crippen LogP contribution < -0.4 is 5.73 Å². The van der Waals surface area contributed by atoms with Crippen LogP contribution in [0.15, 0.2) is 54.7 Å². The summed E-state index contributed by atoms with van der Waals surface area (Å²) in [5.74, 6) is -0.361. The van der Waals surface area contributed by atoms with Crippen molar-refractivity contribution in [2.45, 2.75) is 38.9 Å². The van der Waals surface area contributed by atoms with Crippen molar-refractivity contribution >= 4 is 5.69 Å². The van der Waals surface area contributed by atoms with Crippen molar-refractivity contribution in [3.63, 3.8) is 0 Å². The van der Waals surface area contributed by atoms with Gasteiger partial charge < -0.3 is 5.73 Å². The molecule has 4 rings (SSSR count). The molecule has 0 spiro atoms. The number of alkyl halides is 1. The van der Waals surface area contributed by atoms with Crippen LogP contribution in [0.25, 0.3) is 11.3 Å². The number of hydrogen-bond acceptors (Lipinski definition) is 3. The van der Waals surface area contributed by atoms with Crippen molar-refractivity contribution in [1.29, 1.82) is 0 Å². The Hall–Kier alpha value is -2.79. The van der Waals surface area contributed by atoms with Crippen LogP contribution in [0.1, 0.15) is 42.1 Å². The maximum Gasteiger partial charge on any atom is 0.141 e. The van der Waals surface area contributed by atoms with Gasteiger partial charge in [0.15, 0.2) is 0 Å². The van der Waals surface area contributed by atoms with Crippen LogP contribution in [0.5, 0.6) is 0 Å². The minimum absolute atomic E-state index is 0.105. The van der Waals surface area contributed by atoms with E-state index in [-0.39, 0.29) is 11.9 Å². The molecule has 30 heavy (non-hydrogen) atoms. The van der Waals surface area contributed by atoms with Crippen molar-refractivity contribution in [3.8, 4) is 11.3 Å². The van der Waals surface area contributed by atoms with Gasteiger partial charge in [-0.3, -0.25) is 9.88 Å². The summed E-state index contributed by atoms with van der Waals surface area (Å²) in [7, 11) is 0. The molecule has 0 amide bonds. The number of benzene rings is 2. The number of aryl methyl sites for hydroxylation is 1. The number of aromatic nitrogens is 1. The number of hydrogen-bond donors (Lipinski definition) is 1. The lowest BCUT2D eigenvalue weighted by Crippen LogP contribution is -2.43. The van der Waals surface area contributed by atoms with Crippen LogP contribution in [-0.2, 0) is 6.42 Å². The summed E-state index contributed by atoms with van der Waals surface area (Å²) in [5.41, 5.74) is 11.8. The smallest absolute Gasteiger partial charge is 0.141 e. The van der Waals surface area contributed by atoms with E-state index in [9.17, 15) is 8.78 Å². The Balaban J connectivity index is 1.84. The van der Waals surface area contributed by atoms with E-state index in [4.69, 9.17) is 5.73 Å². The SMILES string of the molecule is Cc1ccc(C2c3cccc(N)c3CCN2CC(C)(C)F)cc1-c1ccc(F)cn1. The van der Waals surface area contributed by atoms with Gasteiger partial charge in [0, 0.05) is 24.3 Å². The second-order valence-electron chi connectivity index (χ2n) is 8.69. The van der Waals surface area contributed by atoms with E-state index in [1.807, 2.05) is 19.1 Å². The lowest BCUT2D eigenvalue weighted by Gasteiger charge is -2.40. The van der Waals surface area contributed by atoms with Gasteiger partial charge >= 0.3 is 0 Å². The highest BCUT2D eigenvalue weighted by atomic mass is 19.1. The van der Waals surface area contributed by atoms with Crippen LogP contribution in [-0.4, -0.2) is 28.6 Å². The molecule has 0 fully saturated rings. The average molecular weight is 408 g/mol. The zero-order chi connectivity index (χ0) is 21.5. The molecule has 0 bridgehead atoms. The van der Waals surface area contributed by atoms with Gasteiger partial charge in [-0.2, -0.15) is 0 Å². The number of nitrogen functional groups attached to an aromatic ring is 1. The van der Waals surface area contributed by atoms with Crippen molar-refractivity contribution in [3.05, 3.63) is 82.8 Å². The van der Waals surface area contributed by atoms with Crippen LogP contribution in [0.2, 0.25) is 0 Å². The van der Waals surface area contributed by atoms with Crippen molar-refractivity contribution in [1.82, 2.24) is 9.88 Å². The molecule has 1 atom stereocenters. The molecule has 3 nitrogen and oxygen atoms in total. The largest absolute Gasteiger partial charge is 0.398 e. The Labute approximate surface area is 176 Å². The van der Waals surface area contributed by atoms with Crippen LogP contribution in [0.4, 0.5) is 14.5 Å². The van der Waals surface area contributed by atoms with Crippen molar-refractivity contribution in [2.75, 3.05) is 18.8 Å². The van der Waals surface area contributed by atoms with E-state index in [0.29, 0.717) is 6.54 Å². The first kappa shape index (κ1) is 20.5. The lowest BCUT2D eigenvalue weighted by atomic mass is 9.85. The molecule has 0 aliphatic carbocycles. The van der Waals surface area contributed by atoms with E-state index in [1.54, 1.807) is 19.9 Å². The van der Waals surface area contributed by atoms with Gasteiger partial charge in [0.25, 0.3) is 0 Å². The van der Waals surface area contributed by atoms with Crippen LogP contribution >= 0.6 is 0 Å². The zero-order valence-corrected chi connectivity index (χ0v) is 17.6. The molecule has 0 radical (unpaired) electrons. The molecule has 1 aliphatic heterocycles. The molecular weight excluding hydrogens is 380 g/mol. The summed E-state index contributed by atoms with van der Waals surface area (Å²) in [6, 6.07) is 15.2. The summed E-state index contributed by atoms with van der Waals surface area (Å²) in [6.07, 6.45) is 2.03. The average Bonchev–Trinajstić information content (AvgIpc) is 2.68. The fourth-order valence-electron chi connectivity index (χ4n) is 4.41. The second-order valence-corrected chi connectivity index (χ2v) is 8.69. The summed E-state index contributed by atoms with van der Waals surface area (Å²) < 4.78 is 28.0. The molecule has 1 aliphatic rings. The predicted molar refractivity (Wildman–Crippen MR) is 118 cm³/mol. The first-order chi connectivity index (χ1) is 14.2. The Kier molecular flexibility index (Phi) is 5.33. The fraction of sp³-hybridized carbons (Fsp3) is 0.320. The maximum atomic E-state index is 14.7.